The Morgan fingerprint density at radius 2 is 2.11 bits per heavy atom. The van der Waals surface area contributed by atoms with Gasteiger partial charge in [0.15, 0.2) is 0 Å². The molecule has 1 heterocycles. The molecule has 3 aromatic rings. The number of nitriles is 1. The zero-order chi connectivity index (χ0) is 19.9. The maximum absolute atomic E-state index is 11.8. The molecule has 0 saturated carbocycles. The summed E-state index contributed by atoms with van der Waals surface area (Å²) in [5.41, 5.74) is 4.04. The molecule has 0 saturated heterocycles. The molecular weight excluding hydrogens is 398 g/mol. The van der Waals surface area contributed by atoms with Gasteiger partial charge in [-0.25, -0.2) is 0 Å². The summed E-state index contributed by atoms with van der Waals surface area (Å²) in [4.78, 5) is 10.2. The lowest BCUT2D eigenvalue weighted by Gasteiger charge is -2.08. The number of nitrogens with zero attached hydrogens (tertiary/aromatic N) is 4. The van der Waals surface area contributed by atoms with E-state index in [-0.39, 0.29) is 17.0 Å². The number of nitro groups is 1. The molecule has 0 aliphatic heterocycles. The van der Waals surface area contributed by atoms with Gasteiger partial charge in [0.1, 0.15) is 21.7 Å². The van der Waals surface area contributed by atoms with Crippen LogP contribution < -0.4 is 10.5 Å². The maximum atomic E-state index is 11.8. The largest absolute Gasteiger partial charge is 0.872 e. The van der Waals surface area contributed by atoms with Crippen LogP contribution in [0.3, 0.4) is 0 Å². The second kappa shape index (κ2) is 8.98. The van der Waals surface area contributed by atoms with Crippen molar-refractivity contribution in [3.8, 4) is 11.8 Å². The molecule has 8 nitrogen and oxygen atoms in total. The predicted molar refractivity (Wildman–Crippen MR) is 107 cm³/mol. The fraction of sp³-hybridized carbons (Fsp3) is 0.0556. The van der Waals surface area contributed by atoms with E-state index in [0.717, 1.165) is 35.3 Å². The van der Waals surface area contributed by atoms with Crippen LogP contribution in [0.2, 0.25) is 0 Å². The highest BCUT2D eigenvalue weighted by atomic mass is 32.2. The summed E-state index contributed by atoms with van der Waals surface area (Å²) in [6.45, 7) is 0. The Labute approximate surface area is 168 Å². The second-order valence-corrected chi connectivity index (χ2v) is 7.16. The van der Waals surface area contributed by atoms with Crippen LogP contribution in [0.5, 0.6) is 5.75 Å². The fourth-order valence-electron chi connectivity index (χ4n) is 2.19. The Kier molecular flexibility index (Phi) is 6.21. The predicted octanol–water partition coefficient (Wildman–Crippen LogP) is 3.73. The van der Waals surface area contributed by atoms with Crippen molar-refractivity contribution in [1.29, 1.82) is 5.26 Å². The van der Waals surface area contributed by atoms with E-state index < -0.39 is 4.92 Å². The Hall–Kier alpha value is -3.42. The minimum absolute atomic E-state index is 0.0726. The summed E-state index contributed by atoms with van der Waals surface area (Å²) in [5, 5.41) is 37.0. The molecule has 0 radical (unpaired) electrons. The van der Waals surface area contributed by atoms with Crippen molar-refractivity contribution < 1.29 is 10.0 Å². The van der Waals surface area contributed by atoms with Gasteiger partial charge >= 0.3 is 0 Å². The third-order valence-electron chi connectivity index (χ3n) is 3.56. The lowest BCUT2D eigenvalue weighted by atomic mass is 10.2. The number of nitrogens with one attached hydrogen (secondary N) is 1. The molecule has 0 unspecified atom stereocenters. The number of rotatable bonds is 7. The molecule has 1 N–H and O–H groups in total. The summed E-state index contributed by atoms with van der Waals surface area (Å²) in [6, 6.07) is 15.3. The third-order valence-corrected chi connectivity index (χ3v) is 5.48. The first-order valence-corrected chi connectivity index (χ1v) is 9.65. The molecule has 0 bridgehead atoms. The maximum Gasteiger partial charge on any atom is 0.270 e. The van der Waals surface area contributed by atoms with Crippen molar-refractivity contribution >= 4 is 40.2 Å². The number of thioether (sulfide) groups is 1. The van der Waals surface area contributed by atoms with Crippen LogP contribution in [-0.4, -0.2) is 15.5 Å². The third kappa shape index (κ3) is 4.64. The molecule has 0 aliphatic carbocycles. The van der Waals surface area contributed by atoms with Crippen molar-refractivity contribution in [2.24, 2.45) is 5.10 Å². The number of hydrazone groups is 1. The van der Waals surface area contributed by atoms with E-state index >= 15 is 0 Å². The number of non-ortho nitro benzene ring substituents is 1. The number of aromatic nitrogens is 1. The average molecular weight is 410 g/mol. The molecule has 2 aromatic carbocycles. The van der Waals surface area contributed by atoms with E-state index in [1.165, 1.54) is 18.0 Å². The molecule has 0 amide bonds. The van der Waals surface area contributed by atoms with E-state index in [2.05, 4.69) is 21.0 Å². The second-order valence-electron chi connectivity index (χ2n) is 5.43. The molecule has 0 atom stereocenters. The zero-order valence-corrected chi connectivity index (χ0v) is 15.9. The van der Waals surface area contributed by atoms with Crippen LogP contribution >= 0.6 is 23.3 Å². The summed E-state index contributed by atoms with van der Waals surface area (Å²) < 4.78 is 4.28. The number of anilines is 1. The Bertz CT molecular complexity index is 1060. The molecule has 1 aromatic heterocycles. The van der Waals surface area contributed by atoms with Gasteiger partial charge in [0.05, 0.1) is 11.1 Å². The zero-order valence-electron chi connectivity index (χ0n) is 14.2. The molecule has 10 heteroatoms. The Balaban J connectivity index is 1.71. The minimum Gasteiger partial charge on any atom is -0.872 e. The molecular formula is C18H12N5O3S2-. The van der Waals surface area contributed by atoms with Crippen LogP contribution in [0.1, 0.15) is 16.7 Å². The van der Waals surface area contributed by atoms with Gasteiger partial charge in [-0.15, -0.1) is 0 Å². The Morgan fingerprint density at radius 1 is 1.32 bits per heavy atom. The van der Waals surface area contributed by atoms with Gasteiger partial charge in [0.25, 0.3) is 5.69 Å². The van der Waals surface area contributed by atoms with Crippen molar-refractivity contribution in [1.82, 2.24) is 4.37 Å². The molecule has 3 rings (SSSR count). The first-order valence-electron chi connectivity index (χ1n) is 7.89. The van der Waals surface area contributed by atoms with Gasteiger partial charge in [-0.1, -0.05) is 53.9 Å². The standard InChI is InChI=1S/C18H13N5O3S2/c19-9-15-17(28-22-18(15)27-11-12-4-2-1-3-5-12)21-20-10-13-8-14(23(25)26)6-7-16(13)24/h1-8,10,21,24H,11H2/p-1/b20-10-. The van der Waals surface area contributed by atoms with Crippen LogP contribution in [-0.2, 0) is 5.75 Å². The van der Waals surface area contributed by atoms with Crippen molar-refractivity contribution in [3.05, 3.63) is 75.3 Å². The van der Waals surface area contributed by atoms with Crippen molar-refractivity contribution in [2.45, 2.75) is 10.8 Å². The Morgan fingerprint density at radius 3 is 2.82 bits per heavy atom. The first kappa shape index (κ1) is 19.3. The number of hydrogen-bond acceptors (Lipinski definition) is 9. The molecule has 0 fully saturated rings. The van der Waals surface area contributed by atoms with E-state index in [1.807, 2.05) is 30.3 Å². The van der Waals surface area contributed by atoms with E-state index in [9.17, 15) is 20.5 Å². The van der Waals surface area contributed by atoms with Gasteiger partial charge in [0.2, 0.25) is 0 Å². The van der Waals surface area contributed by atoms with Gasteiger partial charge in [-0.05, 0) is 22.7 Å². The molecule has 140 valence electrons. The molecule has 0 spiro atoms. The summed E-state index contributed by atoms with van der Waals surface area (Å²) in [6.07, 6.45) is 1.19. The first-order chi connectivity index (χ1) is 13.6. The number of hydrogen-bond donors (Lipinski definition) is 1. The number of nitro benzene ring substituents is 1. The summed E-state index contributed by atoms with van der Waals surface area (Å²) in [5.74, 6) is 0.287. The highest BCUT2D eigenvalue weighted by Crippen LogP contribution is 2.33. The quantitative estimate of drug-likeness (QED) is 0.272. The van der Waals surface area contributed by atoms with Gasteiger partial charge in [-0.3, -0.25) is 15.5 Å². The van der Waals surface area contributed by atoms with E-state index in [0.29, 0.717) is 21.3 Å². The van der Waals surface area contributed by atoms with Crippen LogP contribution in [0, 0.1) is 21.4 Å². The highest BCUT2D eigenvalue weighted by Gasteiger charge is 2.14. The van der Waals surface area contributed by atoms with Gasteiger partial charge in [-0.2, -0.15) is 14.7 Å². The van der Waals surface area contributed by atoms with E-state index in [1.54, 1.807) is 0 Å². The van der Waals surface area contributed by atoms with Crippen LogP contribution in [0.4, 0.5) is 10.7 Å². The molecule has 0 aliphatic rings. The van der Waals surface area contributed by atoms with Crippen molar-refractivity contribution in [3.63, 3.8) is 0 Å². The summed E-state index contributed by atoms with van der Waals surface area (Å²) >= 11 is 2.52. The topological polar surface area (TPSA) is 127 Å². The van der Waals surface area contributed by atoms with Gasteiger partial charge in [0, 0.05) is 17.9 Å². The van der Waals surface area contributed by atoms with E-state index in [4.69, 9.17) is 0 Å². The average Bonchev–Trinajstić information content (AvgIpc) is 3.10. The summed E-state index contributed by atoms with van der Waals surface area (Å²) in [7, 11) is 0. The molecule has 28 heavy (non-hydrogen) atoms. The smallest absolute Gasteiger partial charge is 0.270 e. The van der Waals surface area contributed by atoms with Gasteiger partial charge < -0.3 is 5.11 Å². The highest BCUT2D eigenvalue weighted by molar-refractivity contribution is 7.98. The fourth-order valence-corrected chi connectivity index (χ4v) is 3.95. The van der Waals surface area contributed by atoms with Crippen LogP contribution in [0.25, 0.3) is 0 Å². The van der Waals surface area contributed by atoms with Crippen LogP contribution in [0.15, 0.2) is 58.7 Å². The van der Waals surface area contributed by atoms with Crippen molar-refractivity contribution in [2.75, 3.05) is 5.43 Å². The SMILES string of the molecule is N#Cc1c(SCc2ccccc2)nsc1N/N=C\c1cc([N+](=O)[O-])ccc1[O-]. The lowest BCUT2D eigenvalue weighted by Crippen LogP contribution is -1.99. The monoisotopic (exact) mass is 410 g/mol. The lowest BCUT2D eigenvalue weighted by molar-refractivity contribution is -0.385. The minimum atomic E-state index is -0.586. The number of benzene rings is 2. The normalized spacial score (nSPS) is 10.7.